The molecule has 2 atom stereocenters. The van der Waals surface area contributed by atoms with Crippen LogP contribution in [0.3, 0.4) is 0 Å². The predicted molar refractivity (Wildman–Crippen MR) is 109 cm³/mol. The number of rotatable bonds is 5. The van der Waals surface area contributed by atoms with Crippen LogP contribution in [0.2, 0.25) is 0 Å². The first-order valence-corrected chi connectivity index (χ1v) is 11.1. The van der Waals surface area contributed by atoms with Gasteiger partial charge < -0.3 is 10.3 Å². The highest BCUT2D eigenvalue weighted by molar-refractivity contribution is 7.89. The number of carbonyl (C=O) groups is 1. The van der Waals surface area contributed by atoms with Crippen LogP contribution in [0, 0.1) is 5.92 Å². The van der Waals surface area contributed by atoms with Gasteiger partial charge in [0, 0.05) is 36.1 Å². The van der Waals surface area contributed by atoms with Gasteiger partial charge in [0.15, 0.2) is 0 Å². The Labute approximate surface area is 165 Å². The van der Waals surface area contributed by atoms with Gasteiger partial charge in [0.1, 0.15) is 0 Å². The molecule has 1 amide bonds. The minimum atomic E-state index is -3.66. The van der Waals surface area contributed by atoms with E-state index in [-0.39, 0.29) is 22.4 Å². The number of amides is 1. The molecule has 1 aromatic carbocycles. The van der Waals surface area contributed by atoms with E-state index < -0.39 is 15.6 Å². The lowest BCUT2D eigenvalue weighted by molar-refractivity contribution is 0.0940. The van der Waals surface area contributed by atoms with Gasteiger partial charge in [-0.1, -0.05) is 13.8 Å². The maximum atomic E-state index is 13.1. The quantitative estimate of drug-likeness (QED) is 0.798. The first-order chi connectivity index (χ1) is 13.2. The number of nitrogens with zero attached hydrogens (tertiary/aromatic N) is 1. The van der Waals surface area contributed by atoms with Crippen LogP contribution >= 0.6 is 0 Å². The van der Waals surface area contributed by atoms with Crippen molar-refractivity contribution in [2.45, 2.75) is 51.0 Å². The van der Waals surface area contributed by atoms with Crippen LogP contribution < -0.4 is 10.9 Å². The molecule has 0 radical (unpaired) electrons. The third-order valence-electron chi connectivity index (χ3n) is 5.31. The molecule has 1 aliphatic heterocycles. The third-order valence-corrected chi connectivity index (χ3v) is 7.17. The molecule has 1 aromatic heterocycles. The van der Waals surface area contributed by atoms with E-state index in [4.69, 9.17) is 0 Å². The first kappa shape index (κ1) is 20.5. The molecule has 152 valence electrons. The van der Waals surface area contributed by atoms with E-state index in [0.29, 0.717) is 29.9 Å². The Bertz CT molecular complexity index is 1050. The van der Waals surface area contributed by atoms with Gasteiger partial charge in [-0.2, -0.15) is 4.31 Å². The van der Waals surface area contributed by atoms with E-state index in [9.17, 15) is 18.0 Å². The lowest BCUT2D eigenvalue weighted by Crippen LogP contribution is -2.39. The Kier molecular flexibility index (Phi) is 5.90. The number of aromatic amines is 1. The zero-order valence-corrected chi connectivity index (χ0v) is 17.3. The van der Waals surface area contributed by atoms with Gasteiger partial charge in [-0.05, 0) is 50.3 Å². The standard InChI is InChI=1S/C20H27N3O4S/c1-4-14(3)21-20(25)17-11-19(24)22-18-8-7-15(10-16(17)18)28(26,27)23-9-5-6-13(2)12-23/h7-8,10-11,13-14H,4-6,9,12H2,1-3H3,(H,21,25)(H,22,24). The molecule has 0 saturated carbocycles. The van der Waals surface area contributed by atoms with Crippen molar-refractivity contribution in [1.82, 2.24) is 14.6 Å². The van der Waals surface area contributed by atoms with Crippen LogP contribution in [0.1, 0.15) is 50.4 Å². The van der Waals surface area contributed by atoms with E-state index in [1.165, 1.54) is 22.5 Å². The largest absolute Gasteiger partial charge is 0.350 e. The normalized spacial score (nSPS) is 19.5. The van der Waals surface area contributed by atoms with Crippen LogP contribution in [-0.4, -0.2) is 42.7 Å². The van der Waals surface area contributed by atoms with E-state index in [2.05, 4.69) is 10.3 Å². The van der Waals surface area contributed by atoms with Crippen molar-refractivity contribution < 1.29 is 13.2 Å². The molecule has 0 aliphatic carbocycles. The second kappa shape index (κ2) is 8.05. The number of hydrogen-bond donors (Lipinski definition) is 2. The van der Waals surface area contributed by atoms with Crippen LogP contribution in [0.15, 0.2) is 34.0 Å². The summed E-state index contributed by atoms with van der Waals surface area (Å²) in [6, 6.07) is 5.70. The zero-order valence-electron chi connectivity index (χ0n) is 16.5. The van der Waals surface area contributed by atoms with Gasteiger partial charge in [0.2, 0.25) is 15.6 Å². The minimum Gasteiger partial charge on any atom is -0.350 e. The van der Waals surface area contributed by atoms with Crippen LogP contribution in [0.4, 0.5) is 0 Å². The average Bonchev–Trinajstić information content (AvgIpc) is 2.66. The molecule has 8 heteroatoms. The van der Waals surface area contributed by atoms with Gasteiger partial charge in [-0.15, -0.1) is 0 Å². The molecular formula is C20H27N3O4S. The summed E-state index contributed by atoms with van der Waals surface area (Å²) in [5.41, 5.74) is 0.220. The number of aromatic nitrogens is 1. The third kappa shape index (κ3) is 4.12. The Balaban J connectivity index is 2.07. The van der Waals surface area contributed by atoms with Crippen molar-refractivity contribution in [2.75, 3.05) is 13.1 Å². The number of piperidine rings is 1. The van der Waals surface area contributed by atoms with E-state index in [0.717, 1.165) is 19.3 Å². The molecule has 2 heterocycles. The van der Waals surface area contributed by atoms with Crippen molar-refractivity contribution in [3.63, 3.8) is 0 Å². The Morgan fingerprint density at radius 2 is 2.11 bits per heavy atom. The highest BCUT2D eigenvalue weighted by Gasteiger charge is 2.29. The molecule has 28 heavy (non-hydrogen) atoms. The zero-order chi connectivity index (χ0) is 20.5. The number of sulfonamides is 1. The molecule has 3 rings (SSSR count). The SMILES string of the molecule is CCC(C)NC(=O)c1cc(=O)[nH]c2ccc(S(=O)(=O)N3CCCC(C)C3)cc12. The number of hydrogen-bond acceptors (Lipinski definition) is 4. The molecule has 0 spiro atoms. The van der Waals surface area contributed by atoms with Gasteiger partial charge in [0.05, 0.1) is 10.5 Å². The second-order valence-electron chi connectivity index (χ2n) is 7.65. The molecule has 2 aromatic rings. The molecule has 2 N–H and O–H groups in total. The fraction of sp³-hybridized carbons (Fsp3) is 0.500. The maximum Gasteiger partial charge on any atom is 0.252 e. The highest BCUT2D eigenvalue weighted by atomic mass is 32.2. The smallest absolute Gasteiger partial charge is 0.252 e. The molecule has 2 unspecified atom stereocenters. The average molecular weight is 406 g/mol. The molecule has 1 saturated heterocycles. The minimum absolute atomic E-state index is 0.0522. The van der Waals surface area contributed by atoms with Gasteiger partial charge in [0.25, 0.3) is 5.91 Å². The Morgan fingerprint density at radius 3 is 2.79 bits per heavy atom. The summed E-state index contributed by atoms with van der Waals surface area (Å²) in [5.74, 6) is -0.0659. The maximum absolute atomic E-state index is 13.1. The van der Waals surface area contributed by atoms with Crippen molar-refractivity contribution in [3.8, 4) is 0 Å². The summed E-state index contributed by atoms with van der Waals surface area (Å²) >= 11 is 0. The Hall–Kier alpha value is -2.19. The fourth-order valence-corrected chi connectivity index (χ4v) is 5.12. The summed E-state index contributed by atoms with van der Waals surface area (Å²) in [5, 5.41) is 3.26. The number of pyridine rings is 1. The monoisotopic (exact) mass is 405 g/mol. The van der Waals surface area contributed by atoms with Crippen molar-refractivity contribution in [2.24, 2.45) is 5.92 Å². The number of carbonyl (C=O) groups excluding carboxylic acids is 1. The number of nitrogens with one attached hydrogen (secondary N) is 2. The predicted octanol–water partition coefficient (Wildman–Crippen LogP) is 2.48. The number of H-pyrrole nitrogens is 1. The summed E-state index contributed by atoms with van der Waals surface area (Å²) in [4.78, 5) is 27.4. The van der Waals surface area contributed by atoms with Gasteiger partial charge in [-0.25, -0.2) is 8.42 Å². The first-order valence-electron chi connectivity index (χ1n) is 9.70. The molecule has 0 bridgehead atoms. The number of benzene rings is 1. The van der Waals surface area contributed by atoms with E-state index in [1.807, 2.05) is 20.8 Å². The van der Waals surface area contributed by atoms with Gasteiger partial charge >= 0.3 is 0 Å². The van der Waals surface area contributed by atoms with E-state index in [1.54, 1.807) is 6.07 Å². The molecule has 7 nitrogen and oxygen atoms in total. The lowest BCUT2D eigenvalue weighted by atomic mass is 10.0. The highest BCUT2D eigenvalue weighted by Crippen LogP contribution is 2.26. The fourth-order valence-electron chi connectivity index (χ4n) is 3.50. The lowest BCUT2D eigenvalue weighted by Gasteiger charge is -2.30. The van der Waals surface area contributed by atoms with Crippen LogP contribution in [0.5, 0.6) is 0 Å². The summed E-state index contributed by atoms with van der Waals surface area (Å²) in [6.07, 6.45) is 2.61. The van der Waals surface area contributed by atoms with Crippen molar-refractivity contribution in [3.05, 3.63) is 40.2 Å². The molecule has 1 fully saturated rings. The number of fused-ring (bicyclic) bond motifs is 1. The molecular weight excluding hydrogens is 378 g/mol. The van der Waals surface area contributed by atoms with Crippen LogP contribution in [-0.2, 0) is 10.0 Å². The summed E-state index contributed by atoms with van der Waals surface area (Å²) in [7, 11) is -3.66. The van der Waals surface area contributed by atoms with Crippen molar-refractivity contribution in [1.29, 1.82) is 0 Å². The van der Waals surface area contributed by atoms with Crippen LogP contribution in [0.25, 0.3) is 10.9 Å². The second-order valence-corrected chi connectivity index (χ2v) is 9.59. The van der Waals surface area contributed by atoms with E-state index >= 15 is 0 Å². The molecule has 1 aliphatic rings. The van der Waals surface area contributed by atoms with Gasteiger partial charge in [-0.3, -0.25) is 9.59 Å². The Morgan fingerprint density at radius 1 is 1.36 bits per heavy atom. The van der Waals surface area contributed by atoms with Crippen molar-refractivity contribution >= 4 is 26.8 Å². The topological polar surface area (TPSA) is 99.3 Å². The summed E-state index contributed by atoms with van der Waals surface area (Å²) < 4.78 is 27.7. The summed E-state index contributed by atoms with van der Waals surface area (Å²) in [6.45, 7) is 6.86.